The number of benzene rings is 5. The van der Waals surface area contributed by atoms with Gasteiger partial charge in [-0.1, -0.05) is 11.6 Å². The number of halogens is 1. The zero-order valence-electron chi connectivity index (χ0n) is 31.9. The van der Waals surface area contributed by atoms with E-state index in [4.69, 9.17) is 21.3 Å². The second-order valence-corrected chi connectivity index (χ2v) is 16.5. The van der Waals surface area contributed by atoms with Crippen LogP contribution in [0.5, 0.6) is 5.75 Å². The number of unbranched alkanes of at least 4 members (excludes halogenated alkanes) is 3. The van der Waals surface area contributed by atoms with Crippen LogP contribution >= 0.6 is 11.6 Å². The Hall–Kier alpha value is -4.95. The number of fused-ring (bicyclic) bond motifs is 5. The van der Waals surface area contributed by atoms with E-state index in [1.165, 1.54) is 30.5 Å². The van der Waals surface area contributed by atoms with E-state index in [1.54, 1.807) is 35.9 Å². The summed E-state index contributed by atoms with van der Waals surface area (Å²) < 4.78 is 12.2. The van der Waals surface area contributed by atoms with Gasteiger partial charge in [-0.05, 0) is 55.0 Å². The molecule has 0 saturated carbocycles. The van der Waals surface area contributed by atoms with Crippen LogP contribution in [0.15, 0.2) is 91.0 Å². The number of hydrogen-bond acceptors (Lipinski definition) is 5. The molecule has 0 bridgehead atoms. The number of nitrogens with zero attached hydrogens (tertiary/aromatic N) is 3. The Balaban J connectivity index is 0.951. The number of nitrogens with one attached hydrogen (secondary N) is 2. The predicted octanol–water partition coefficient (Wildman–Crippen LogP) is 8.31. The zero-order chi connectivity index (χ0) is 38.5. The number of amides is 1. The van der Waals surface area contributed by atoms with Crippen molar-refractivity contribution in [1.29, 1.82) is 0 Å². The molecule has 2 heterocycles. The SMILES string of the molecule is CC[N+](CC)=c1ccc2nc3c(cc(NCCCCCCNC(=O)Cc4c(C)n(C(=O)c5ccc(Cl)cc5)c5ccc(OC)cc45)c4ccccc43)[se]c-2c1. The molecule has 2 N–H and O–H groups in total. The van der Waals surface area contributed by atoms with Gasteiger partial charge in [0, 0.05) is 21.7 Å². The van der Waals surface area contributed by atoms with Crippen molar-refractivity contribution in [1.82, 2.24) is 19.4 Å². The van der Waals surface area contributed by atoms with Gasteiger partial charge in [0.25, 0.3) is 5.91 Å². The van der Waals surface area contributed by atoms with E-state index in [-0.39, 0.29) is 32.7 Å². The van der Waals surface area contributed by atoms with Gasteiger partial charge >= 0.3 is 197 Å². The van der Waals surface area contributed by atoms with Gasteiger partial charge in [0.1, 0.15) is 5.75 Å². The third-order valence-electron chi connectivity index (χ3n) is 10.4. The van der Waals surface area contributed by atoms with Crippen molar-refractivity contribution in [3.63, 3.8) is 0 Å². The van der Waals surface area contributed by atoms with Crippen LogP contribution < -0.4 is 25.3 Å². The number of hydrogen-bond donors (Lipinski definition) is 2. The minimum absolute atomic E-state index is 0.0647. The van der Waals surface area contributed by atoms with Gasteiger partial charge < -0.3 is 4.74 Å². The van der Waals surface area contributed by atoms with Crippen LogP contribution in [0, 0.1) is 6.92 Å². The summed E-state index contributed by atoms with van der Waals surface area (Å²) in [5.41, 5.74) is 6.19. The Morgan fingerprint density at radius 2 is 1.60 bits per heavy atom. The molecule has 7 rings (SSSR count). The molecule has 0 radical (unpaired) electrons. The molecule has 10 heteroatoms. The molecule has 0 atom stereocenters. The maximum atomic E-state index is 13.6. The minimum atomic E-state index is -0.170. The molecule has 1 aliphatic heterocycles. The van der Waals surface area contributed by atoms with Crippen LogP contribution in [-0.2, 0) is 11.2 Å². The van der Waals surface area contributed by atoms with Gasteiger partial charge in [-0.25, -0.2) is 0 Å². The average molecular weight is 820 g/mol. The van der Waals surface area contributed by atoms with Crippen molar-refractivity contribution in [3.05, 3.63) is 118 Å². The average Bonchev–Trinajstić information content (AvgIpc) is 3.47. The van der Waals surface area contributed by atoms with Gasteiger partial charge in [-0.2, -0.15) is 0 Å². The van der Waals surface area contributed by atoms with E-state index in [9.17, 15) is 9.59 Å². The zero-order valence-corrected chi connectivity index (χ0v) is 34.3. The summed E-state index contributed by atoms with van der Waals surface area (Å²) in [6.45, 7) is 9.76. The molecule has 5 aromatic rings. The molecule has 8 nitrogen and oxygen atoms in total. The van der Waals surface area contributed by atoms with Gasteiger partial charge in [-0.3, -0.25) is 14.2 Å². The summed E-state index contributed by atoms with van der Waals surface area (Å²) >= 11 is 6.24. The van der Waals surface area contributed by atoms with Crippen molar-refractivity contribution in [2.24, 2.45) is 0 Å². The Morgan fingerprint density at radius 1 is 0.855 bits per heavy atom. The van der Waals surface area contributed by atoms with Crippen molar-refractivity contribution in [2.45, 2.75) is 52.9 Å². The molecule has 282 valence electrons. The van der Waals surface area contributed by atoms with Crippen LogP contribution in [0.1, 0.15) is 61.1 Å². The fraction of sp³-hybridized carbons (Fsp3) is 0.289. The summed E-state index contributed by atoms with van der Waals surface area (Å²) in [5.74, 6) is 0.438. The fourth-order valence-electron chi connectivity index (χ4n) is 7.45. The quantitative estimate of drug-likeness (QED) is 0.0379. The third-order valence-corrected chi connectivity index (χ3v) is 12.9. The number of ether oxygens (including phenoxy) is 1. The Kier molecular flexibility index (Phi) is 12.0. The number of carbonyl (C=O) groups is 2. The van der Waals surface area contributed by atoms with Gasteiger partial charge in [0.15, 0.2) is 0 Å². The van der Waals surface area contributed by atoms with E-state index >= 15 is 0 Å². The van der Waals surface area contributed by atoms with Crippen LogP contribution in [0.4, 0.5) is 5.69 Å². The first kappa shape index (κ1) is 38.3. The molecule has 0 saturated heterocycles. The van der Waals surface area contributed by atoms with Gasteiger partial charge in [0.05, 0.1) is 19.0 Å². The molecule has 1 amide bonds. The van der Waals surface area contributed by atoms with E-state index in [2.05, 4.69) is 77.6 Å². The van der Waals surface area contributed by atoms with Gasteiger partial charge in [-0.15, -0.1) is 0 Å². The topological polar surface area (TPSA) is 88.3 Å². The number of carbonyl (C=O) groups excluding carboxylic acids is 2. The monoisotopic (exact) mass is 820 g/mol. The molecule has 0 unspecified atom stereocenters. The van der Waals surface area contributed by atoms with Gasteiger partial charge in [0.2, 0.25) is 0 Å². The fourth-order valence-corrected chi connectivity index (χ4v) is 9.81. The first-order valence-electron chi connectivity index (χ1n) is 19.1. The maximum absolute atomic E-state index is 13.6. The molecule has 0 spiro atoms. The molecule has 2 aliphatic rings. The van der Waals surface area contributed by atoms with E-state index in [0.717, 1.165) is 78.7 Å². The second-order valence-electron chi connectivity index (χ2n) is 13.8. The molecular formula is C45H47ClN5O3Se+. The van der Waals surface area contributed by atoms with Crippen molar-refractivity contribution in [3.8, 4) is 15.9 Å². The first-order chi connectivity index (χ1) is 26.8. The molecular weight excluding hydrogens is 773 g/mol. The molecule has 55 heavy (non-hydrogen) atoms. The summed E-state index contributed by atoms with van der Waals surface area (Å²) in [4.78, 5) is 32.0. The summed E-state index contributed by atoms with van der Waals surface area (Å²) in [6.07, 6.45) is 4.19. The molecule has 1 aliphatic carbocycles. The first-order valence-corrected chi connectivity index (χ1v) is 21.2. The Labute approximate surface area is 332 Å². The van der Waals surface area contributed by atoms with E-state index in [0.29, 0.717) is 22.9 Å². The Morgan fingerprint density at radius 3 is 2.35 bits per heavy atom. The normalized spacial score (nSPS) is 11.4. The van der Waals surface area contributed by atoms with Crippen molar-refractivity contribution < 1.29 is 14.3 Å². The van der Waals surface area contributed by atoms with Crippen LogP contribution in [-0.4, -0.2) is 69.2 Å². The van der Waals surface area contributed by atoms with E-state index < -0.39 is 0 Å². The Bertz CT molecular complexity index is 2550. The third kappa shape index (κ3) is 8.20. The molecule has 1 aromatic heterocycles. The molecule has 0 fully saturated rings. The van der Waals surface area contributed by atoms with E-state index in [1.807, 2.05) is 25.1 Å². The van der Waals surface area contributed by atoms with Crippen molar-refractivity contribution in [2.75, 3.05) is 38.6 Å². The van der Waals surface area contributed by atoms with Crippen LogP contribution in [0.25, 0.3) is 41.6 Å². The summed E-state index contributed by atoms with van der Waals surface area (Å²) in [7, 11) is 1.61. The second kappa shape index (κ2) is 17.2. The molecule has 4 aromatic carbocycles. The summed E-state index contributed by atoms with van der Waals surface area (Å²) in [6, 6.07) is 30.1. The number of aromatic nitrogens is 2. The number of methoxy groups -OCH3 is 1. The predicted molar refractivity (Wildman–Crippen MR) is 227 cm³/mol. The standard InChI is InChI=1S/C45H46ClN5O3Se/c1-5-50(6-2)32-19-21-38-41(25-32)55-42-28-39(34-13-9-10-14-35(34)44(42)49-38)47-23-11-7-8-12-24-48-43(52)27-36-29(3)51(40-22-20-33(54-4)26-37(36)40)45(53)30-15-17-31(46)18-16-30/h9-10,13-22,25-26,28H,5-8,11-12,23-24,27H2,1-4H3,(H,48,52)/p+1. The van der Waals surface area contributed by atoms with Crippen LogP contribution in [0.2, 0.25) is 5.02 Å². The van der Waals surface area contributed by atoms with Crippen LogP contribution in [0.3, 0.4) is 0 Å². The number of rotatable bonds is 14. The number of anilines is 1. The summed E-state index contributed by atoms with van der Waals surface area (Å²) in [5, 5.41) is 11.9. The van der Waals surface area contributed by atoms with Crippen molar-refractivity contribution >= 4 is 75.1 Å².